The predicted octanol–water partition coefficient (Wildman–Crippen LogP) is 4.37. The van der Waals surface area contributed by atoms with Crippen LogP contribution in [0.3, 0.4) is 0 Å². The lowest BCUT2D eigenvalue weighted by atomic mass is 9.97. The first-order valence-corrected chi connectivity index (χ1v) is 9.83. The van der Waals surface area contributed by atoms with Crippen LogP contribution in [-0.2, 0) is 6.54 Å². The maximum Gasteiger partial charge on any atom is 0.197 e. The van der Waals surface area contributed by atoms with Crippen LogP contribution in [-0.4, -0.2) is 43.1 Å². The van der Waals surface area contributed by atoms with E-state index in [0.29, 0.717) is 40.1 Å². The van der Waals surface area contributed by atoms with Crippen molar-refractivity contribution in [3.8, 4) is 17.2 Å². The minimum atomic E-state index is -0.185. The lowest BCUT2D eigenvalue weighted by molar-refractivity contribution is 0.103. The highest BCUT2D eigenvalue weighted by atomic mass is 16.5. The highest BCUT2D eigenvalue weighted by Gasteiger charge is 2.23. The standard InChI is InChI=1S/C23H25NO5/c1-27-19-8-6-15(12-21(19)28-2)23(26)17-14-29-20-9-7-18(25)16(22(17)20)13-24-10-4-3-5-11-24/h6-9,12,14,25H,3-5,10-11,13H2,1-2H3. The van der Waals surface area contributed by atoms with Gasteiger partial charge < -0.3 is 19.0 Å². The first kappa shape index (κ1) is 19.3. The third-order valence-electron chi connectivity index (χ3n) is 5.54. The Morgan fingerprint density at radius 1 is 1.07 bits per heavy atom. The van der Waals surface area contributed by atoms with Crippen LogP contribution in [0.25, 0.3) is 11.0 Å². The maximum atomic E-state index is 13.3. The molecule has 2 aromatic carbocycles. The molecule has 6 heteroatoms. The van der Waals surface area contributed by atoms with Gasteiger partial charge in [0.2, 0.25) is 0 Å². The zero-order valence-corrected chi connectivity index (χ0v) is 16.7. The van der Waals surface area contributed by atoms with Crippen LogP contribution in [0.1, 0.15) is 40.7 Å². The van der Waals surface area contributed by atoms with Crippen LogP contribution < -0.4 is 9.47 Å². The van der Waals surface area contributed by atoms with Crippen LogP contribution >= 0.6 is 0 Å². The summed E-state index contributed by atoms with van der Waals surface area (Å²) in [5.74, 6) is 1.05. The molecule has 152 valence electrons. The second-order valence-electron chi connectivity index (χ2n) is 7.32. The molecule has 6 nitrogen and oxygen atoms in total. The number of rotatable bonds is 6. The number of phenolic OH excluding ortho intramolecular Hbond substituents is 1. The van der Waals surface area contributed by atoms with Crippen LogP contribution in [0, 0.1) is 0 Å². The summed E-state index contributed by atoms with van der Waals surface area (Å²) in [5, 5.41) is 11.2. The number of ketones is 1. The average molecular weight is 395 g/mol. The van der Waals surface area contributed by atoms with Gasteiger partial charge in [0.1, 0.15) is 17.6 Å². The van der Waals surface area contributed by atoms with E-state index < -0.39 is 0 Å². The van der Waals surface area contributed by atoms with E-state index in [1.807, 2.05) is 0 Å². The van der Waals surface area contributed by atoms with E-state index in [2.05, 4.69) is 4.90 Å². The van der Waals surface area contributed by atoms with Crippen LogP contribution in [0.4, 0.5) is 0 Å². The average Bonchev–Trinajstić information content (AvgIpc) is 3.19. The summed E-state index contributed by atoms with van der Waals surface area (Å²) in [7, 11) is 3.09. The van der Waals surface area contributed by atoms with Gasteiger partial charge in [0.25, 0.3) is 0 Å². The van der Waals surface area contributed by atoms with Crippen molar-refractivity contribution < 1.29 is 23.8 Å². The van der Waals surface area contributed by atoms with Crippen molar-refractivity contribution in [2.45, 2.75) is 25.8 Å². The molecule has 0 amide bonds. The Labute approximate surface area is 169 Å². The van der Waals surface area contributed by atoms with Crippen molar-refractivity contribution in [1.29, 1.82) is 0 Å². The molecule has 1 N–H and O–H groups in total. The van der Waals surface area contributed by atoms with Gasteiger partial charge in [-0.25, -0.2) is 0 Å². The zero-order chi connectivity index (χ0) is 20.4. The molecule has 1 aromatic heterocycles. The van der Waals surface area contributed by atoms with E-state index >= 15 is 0 Å². The number of methoxy groups -OCH3 is 2. The number of furan rings is 1. The molecule has 2 heterocycles. The van der Waals surface area contributed by atoms with Gasteiger partial charge >= 0.3 is 0 Å². The Morgan fingerprint density at radius 2 is 1.83 bits per heavy atom. The SMILES string of the molecule is COc1ccc(C(=O)c2coc3ccc(O)c(CN4CCCCC4)c23)cc1OC. The van der Waals surface area contributed by atoms with E-state index in [-0.39, 0.29) is 11.5 Å². The molecule has 0 unspecified atom stereocenters. The Kier molecular flexibility index (Phi) is 5.45. The minimum absolute atomic E-state index is 0.185. The molecule has 0 spiro atoms. The Bertz CT molecular complexity index is 1030. The fourth-order valence-corrected chi connectivity index (χ4v) is 3.99. The highest BCUT2D eigenvalue weighted by Crippen LogP contribution is 2.35. The summed E-state index contributed by atoms with van der Waals surface area (Å²) < 4.78 is 16.3. The normalized spacial score (nSPS) is 14.8. The second-order valence-corrected chi connectivity index (χ2v) is 7.32. The number of likely N-dealkylation sites (tertiary alicyclic amines) is 1. The summed E-state index contributed by atoms with van der Waals surface area (Å²) >= 11 is 0. The van der Waals surface area contributed by atoms with Crippen molar-refractivity contribution in [2.24, 2.45) is 0 Å². The summed E-state index contributed by atoms with van der Waals surface area (Å²) in [4.78, 5) is 15.6. The van der Waals surface area contributed by atoms with E-state index in [0.717, 1.165) is 31.5 Å². The maximum absolute atomic E-state index is 13.3. The number of hydrogen-bond acceptors (Lipinski definition) is 6. The number of carbonyl (C=O) groups is 1. The van der Waals surface area contributed by atoms with Gasteiger partial charge in [-0.05, 0) is 56.3 Å². The van der Waals surface area contributed by atoms with Crippen molar-refractivity contribution in [3.05, 3.63) is 53.3 Å². The minimum Gasteiger partial charge on any atom is -0.508 e. The molecule has 1 saturated heterocycles. The van der Waals surface area contributed by atoms with Gasteiger partial charge in [0, 0.05) is 23.1 Å². The smallest absolute Gasteiger partial charge is 0.197 e. The first-order valence-electron chi connectivity index (χ1n) is 9.83. The third-order valence-corrected chi connectivity index (χ3v) is 5.54. The number of benzene rings is 2. The molecule has 0 bridgehead atoms. The summed E-state index contributed by atoms with van der Waals surface area (Å²) in [6.45, 7) is 2.58. The van der Waals surface area contributed by atoms with Gasteiger partial charge in [-0.2, -0.15) is 0 Å². The number of carbonyl (C=O) groups excluding carboxylic acids is 1. The fraction of sp³-hybridized carbons (Fsp3) is 0.348. The number of piperidine rings is 1. The Morgan fingerprint density at radius 3 is 2.55 bits per heavy atom. The molecule has 0 radical (unpaired) electrons. The number of nitrogens with zero attached hydrogens (tertiary/aromatic N) is 1. The number of ether oxygens (including phenoxy) is 2. The van der Waals surface area contributed by atoms with Gasteiger partial charge in [0.05, 0.1) is 19.8 Å². The van der Waals surface area contributed by atoms with E-state index in [1.165, 1.54) is 19.8 Å². The summed E-state index contributed by atoms with van der Waals surface area (Å²) in [6, 6.07) is 8.41. The van der Waals surface area contributed by atoms with E-state index in [9.17, 15) is 9.90 Å². The van der Waals surface area contributed by atoms with Gasteiger partial charge in [0.15, 0.2) is 17.3 Å². The molecule has 1 fully saturated rings. The molecule has 0 aliphatic carbocycles. The summed E-state index contributed by atoms with van der Waals surface area (Å²) in [6.07, 6.45) is 5.02. The topological polar surface area (TPSA) is 72.1 Å². The Balaban J connectivity index is 1.76. The molecule has 0 saturated carbocycles. The van der Waals surface area contributed by atoms with Crippen LogP contribution in [0.5, 0.6) is 17.2 Å². The van der Waals surface area contributed by atoms with Gasteiger partial charge in [-0.3, -0.25) is 9.69 Å². The number of hydrogen-bond donors (Lipinski definition) is 1. The highest BCUT2D eigenvalue weighted by molar-refractivity contribution is 6.17. The molecule has 29 heavy (non-hydrogen) atoms. The predicted molar refractivity (Wildman–Crippen MR) is 110 cm³/mol. The van der Waals surface area contributed by atoms with E-state index in [4.69, 9.17) is 13.9 Å². The molecular formula is C23H25NO5. The monoisotopic (exact) mass is 395 g/mol. The second kappa shape index (κ2) is 8.17. The van der Waals surface area contributed by atoms with Gasteiger partial charge in [-0.15, -0.1) is 0 Å². The molecule has 3 aromatic rings. The fourth-order valence-electron chi connectivity index (χ4n) is 3.99. The van der Waals surface area contributed by atoms with Crippen LogP contribution in [0.15, 0.2) is 41.0 Å². The van der Waals surface area contributed by atoms with E-state index in [1.54, 1.807) is 37.4 Å². The number of fused-ring (bicyclic) bond motifs is 1. The zero-order valence-electron chi connectivity index (χ0n) is 16.7. The van der Waals surface area contributed by atoms with Crippen molar-refractivity contribution >= 4 is 16.8 Å². The summed E-state index contributed by atoms with van der Waals surface area (Å²) in [5.41, 5.74) is 2.24. The van der Waals surface area contributed by atoms with Crippen molar-refractivity contribution in [3.63, 3.8) is 0 Å². The van der Waals surface area contributed by atoms with Gasteiger partial charge in [-0.1, -0.05) is 6.42 Å². The molecule has 0 atom stereocenters. The lowest BCUT2D eigenvalue weighted by Crippen LogP contribution is -2.29. The first-order chi connectivity index (χ1) is 14.1. The quantitative estimate of drug-likeness (QED) is 0.625. The third kappa shape index (κ3) is 3.68. The van der Waals surface area contributed by atoms with Crippen molar-refractivity contribution in [2.75, 3.05) is 27.3 Å². The molecule has 1 aliphatic rings. The lowest BCUT2D eigenvalue weighted by Gasteiger charge is -2.27. The van der Waals surface area contributed by atoms with Crippen LogP contribution in [0.2, 0.25) is 0 Å². The number of phenols is 1. The largest absolute Gasteiger partial charge is 0.508 e. The number of aromatic hydroxyl groups is 1. The van der Waals surface area contributed by atoms with Crippen molar-refractivity contribution in [1.82, 2.24) is 4.90 Å². The Hall–Kier alpha value is -2.99. The molecule has 4 rings (SSSR count). The molecular weight excluding hydrogens is 370 g/mol. The molecule has 1 aliphatic heterocycles.